The number of hydrogen-bond donors (Lipinski definition) is 4. The number of nitrogens with one attached hydrogen (secondary N) is 1. The fraction of sp³-hybridized carbons (Fsp3) is 0.184. The first-order chi connectivity index (χ1) is 29.3. The molecule has 4 N–H and O–H groups in total. The highest BCUT2D eigenvalue weighted by atomic mass is 32.3. The Morgan fingerprint density at radius 1 is 0.839 bits per heavy atom. The number of methoxy groups -OCH3 is 2. The summed E-state index contributed by atoms with van der Waals surface area (Å²) in [5, 5.41) is 31.8. The zero-order valence-corrected chi connectivity index (χ0v) is 36.2. The number of hydrogen-bond acceptors (Lipinski definition) is 17. The van der Waals surface area contributed by atoms with Gasteiger partial charge >= 0.3 is 10.4 Å². The quantitative estimate of drug-likeness (QED) is 0.0488. The molecule has 0 spiro atoms. The van der Waals surface area contributed by atoms with E-state index in [2.05, 4.69) is 36.5 Å². The van der Waals surface area contributed by atoms with Gasteiger partial charge < -0.3 is 24.8 Å². The van der Waals surface area contributed by atoms with Crippen molar-refractivity contribution >= 4 is 92.0 Å². The van der Waals surface area contributed by atoms with E-state index in [1.807, 2.05) is 0 Å². The zero-order valence-electron chi connectivity index (χ0n) is 32.9. The maximum Gasteiger partial charge on any atom is 0.397 e. The van der Waals surface area contributed by atoms with Crippen molar-refractivity contribution < 1.29 is 62.1 Å². The third-order valence-electron chi connectivity index (χ3n) is 8.75. The molecule has 0 aromatic heterocycles. The Balaban J connectivity index is 1.55. The van der Waals surface area contributed by atoms with Gasteiger partial charge in [-0.2, -0.15) is 21.9 Å². The number of carbonyl (C=O) groups excluding carboxylic acids is 1. The molecule has 328 valence electrons. The lowest BCUT2D eigenvalue weighted by molar-refractivity contribution is 0.0988. The van der Waals surface area contributed by atoms with E-state index in [0.717, 1.165) is 11.5 Å². The fourth-order valence-electron chi connectivity index (χ4n) is 5.77. The summed E-state index contributed by atoms with van der Waals surface area (Å²) in [4.78, 5) is 14.2. The molecule has 0 radical (unpaired) electrons. The molecule has 20 nitrogen and oxygen atoms in total. The van der Waals surface area contributed by atoms with Gasteiger partial charge in [0.25, 0.3) is 16.0 Å². The van der Waals surface area contributed by atoms with Crippen LogP contribution < -0.4 is 19.7 Å². The summed E-state index contributed by atoms with van der Waals surface area (Å²) >= 11 is 0. The summed E-state index contributed by atoms with van der Waals surface area (Å²) < 4.78 is 119. The normalized spacial score (nSPS) is 12.7. The van der Waals surface area contributed by atoms with Gasteiger partial charge in [-0.1, -0.05) is 30.8 Å². The maximum atomic E-state index is 13.8. The number of phenolic OH excluding ortho intramolecular Hbond substituents is 1. The number of phenols is 1. The summed E-state index contributed by atoms with van der Waals surface area (Å²) in [7, 11) is -11.5. The summed E-state index contributed by atoms with van der Waals surface area (Å²) in [6, 6.07) is 20.8. The minimum absolute atomic E-state index is 0.00129. The molecule has 1 atom stereocenters. The largest absolute Gasteiger partial charge is 0.505 e. The van der Waals surface area contributed by atoms with Crippen LogP contribution in [-0.4, -0.2) is 95.5 Å². The van der Waals surface area contributed by atoms with Crippen molar-refractivity contribution in [2.45, 2.75) is 9.79 Å². The van der Waals surface area contributed by atoms with Crippen LogP contribution in [0.5, 0.6) is 17.2 Å². The van der Waals surface area contributed by atoms with Crippen LogP contribution in [-0.2, 0) is 45.3 Å². The monoisotopic (exact) mass is 930 g/mol. The van der Waals surface area contributed by atoms with Gasteiger partial charge in [0.15, 0.2) is 15.6 Å². The number of aromatic hydroxyl groups is 1. The molecule has 0 aliphatic heterocycles. The van der Waals surface area contributed by atoms with Gasteiger partial charge in [0, 0.05) is 53.2 Å². The molecule has 5 aromatic rings. The molecular formula is C38H38N6O14S4. The highest BCUT2D eigenvalue weighted by Crippen LogP contribution is 2.47. The molecule has 0 saturated heterocycles. The molecule has 0 fully saturated rings. The first kappa shape index (κ1) is 46.9. The molecule has 0 aliphatic carbocycles. The highest BCUT2D eigenvalue weighted by molar-refractivity contribution is 7.94. The molecule has 24 heteroatoms. The number of rotatable bonds is 19. The van der Waals surface area contributed by atoms with Crippen molar-refractivity contribution in [1.29, 1.82) is 0 Å². The van der Waals surface area contributed by atoms with Crippen molar-refractivity contribution in [2.75, 3.05) is 56.1 Å². The number of anilines is 2. The standard InChI is InChI=1S/C38H38N6O14S4/c1-5-60(48,49)19-16-44(26-12-7-6-8-13-26)38(46)24-10-9-11-25(20-24)40-42-35-28-21-34(61(50,51)52)36(37(45)27(28)14-15-29(35)39-2)43-41-30-22-32(57-4)33(23-31(30)56-3)59(47)18-17-58-62(53,54)55/h5-15,20-23,39,45H,1,16-19H2,2-4H3,(H,50,51,52)(H,53,54,55). The van der Waals surface area contributed by atoms with Crippen molar-refractivity contribution in [3.8, 4) is 17.2 Å². The Morgan fingerprint density at radius 2 is 1.53 bits per heavy atom. The maximum absolute atomic E-state index is 13.8. The van der Waals surface area contributed by atoms with Crippen molar-refractivity contribution in [3.63, 3.8) is 0 Å². The number of nitrogens with zero attached hydrogens (tertiary/aromatic N) is 5. The Morgan fingerprint density at radius 3 is 2.16 bits per heavy atom. The van der Waals surface area contributed by atoms with Crippen LogP contribution in [0.1, 0.15) is 10.4 Å². The SMILES string of the molecule is C=CS(=O)(=O)CCN(C(=O)c1cccc(N=Nc2c(NC)ccc3c(O)c(N=Nc4cc(OC)c(S(=O)CCOS(=O)(=O)O)cc4OC)c(S(=O)(=O)O)cc23)c1)c1ccccc1. The molecule has 0 bridgehead atoms. The number of carbonyl (C=O) groups is 1. The first-order valence-corrected chi connectivity index (χ1v) is 23.5. The number of azo groups is 2. The molecular weight excluding hydrogens is 893 g/mol. The van der Waals surface area contributed by atoms with E-state index >= 15 is 0 Å². The van der Waals surface area contributed by atoms with Crippen molar-refractivity contribution in [1.82, 2.24) is 0 Å². The number of para-hydroxylation sites is 1. The topological polar surface area (TPSA) is 290 Å². The van der Waals surface area contributed by atoms with E-state index < -0.39 is 70.0 Å². The molecule has 5 rings (SSSR count). The molecule has 5 aromatic carbocycles. The molecule has 0 heterocycles. The number of amides is 1. The van der Waals surface area contributed by atoms with Crippen LogP contribution in [0.15, 0.2) is 127 Å². The van der Waals surface area contributed by atoms with Gasteiger partial charge in [-0.3, -0.25) is 18.1 Å². The fourth-order valence-corrected chi connectivity index (χ4v) is 8.48. The number of benzene rings is 5. The van der Waals surface area contributed by atoms with Crippen LogP contribution >= 0.6 is 0 Å². The van der Waals surface area contributed by atoms with Gasteiger partial charge in [-0.15, -0.1) is 15.3 Å². The lowest BCUT2D eigenvalue weighted by Crippen LogP contribution is -2.35. The molecule has 0 aliphatic rings. The molecule has 1 unspecified atom stereocenters. The van der Waals surface area contributed by atoms with E-state index in [-0.39, 0.29) is 67.8 Å². The summed E-state index contributed by atoms with van der Waals surface area (Å²) in [5.41, 5.74) is 0.249. The minimum atomic E-state index is -5.14. The van der Waals surface area contributed by atoms with Crippen LogP contribution in [0.4, 0.5) is 34.1 Å². The number of ether oxygens (including phenoxy) is 2. The highest BCUT2D eigenvalue weighted by Gasteiger charge is 2.26. The summed E-state index contributed by atoms with van der Waals surface area (Å²) in [6.45, 7) is 2.52. The predicted octanol–water partition coefficient (Wildman–Crippen LogP) is 6.81. The number of fused-ring (bicyclic) bond motifs is 1. The average Bonchev–Trinajstić information content (AvgIpc) is 3.24. The second-order valence-corrected chi connectivity index (χ2v) is 18.7. The Hall–Kier alpha value is -6.15. The second-order valence-electron chi connectivity index (χ2n) is 12.6. The van der Waals surface area contributed by atoms with E-state index in [0.29, 0.717) is 11.4 Å². The van der Waals surface area contributed by atoms with E-state index in [9.17, 15) is 43.9 Å². The van der Waals surface area contributed by atoms with Gasteiger partial charge in [0.1, 0.15) is 33.5 Å². The lowest BCUT2D eigenvalue weighted by atomic mass is 10.1. The Bertz CT molecular complexity index is 2950. The Kier molecular flexibility index (Phi) is 14.9. The van der Waals surface area contributed by atoms with Crippen molar-refractivity contribution in [3.05, 3.63) is 102 Å². The third kappa shape index (κ3) is 11.4. The van der Waals surface area contributed by atoms with E-state index in [1.54, 1.807) is 37.4 Å². The van der Waals surface area contributed by atoms with Crippen molar-refractivity contribution in [2.24, 2.45) is 20.5 Å². The van der Waals surface area contributed by atoms with Crippen LogP contribution in [0, 0.1) is 0 Å². The van der Waals surface area contributed by atoms with E-state index in [4.69, 9.17) is 14.0 Å². The van der Waals surface area contributed by atoms with Crippen LogP contribution in [0.2, 0.25) is 0 Å². The third-order valence-corrected chi connectivity index (χ3v) is 12.7. The van der Waals surface area contributed by atoms with Gasteiger partial charge in [-0.25, -0.2) is 12.6 Å². The van der Waals surface area contributed by atoms with Gasteiger partial charge in [0.2, 0.25) is 0 Å². The first-order valence-electron chi connectivity index (χ1n) is 17.7. The summed E-state index contributed by atoms with van der Waals surface area (Å²) in [6.07, 6.45) is 0. The summed E-state index contributed by atoms with van der Waals surface area (Å²) in [5.74, 6) is -2.15. The smallest absolute Gasteiger partial charge is 0.397 e. The predicted molar refractivity (Wildman–Crippen MR) is 230 cm³/mol. The van der Waals surface area contributed by atoms with Crippen LogP contribution in [0.25, 0.3) is 10.8 Å². The molecule has 62 heavy (non-hydrogen) atoms. The van der Waals surface area contributed by atoms with E-state index in [1.165, 1.54) is 67.7 Å². The lowest BCUT2D eigenvalue weighted by Gasteiger charge is -2.22. The average molecular weight is 931 g/mol. The van der Waals surface area contributed by atoms with Gasteiger partial charge in [-0.05, 0) is 48.5 Å². The van der Waals surface area contributed by atoms with Crippen LogP contribution in [0.3, 0.4) is 0 Å². The zero-order chi connectivity index (χ0) is 45.4. The molecule has 1 amide bonds. The second kappa shape index (κ2) is 19.7. The minimum Gasteiger partial charge on any atom is -0.505 e. The number of sulfone groups is 1. The molecule has 0 saturated carbocycles. The van der Waals surface area contributed by atoms with Gasteiger partial charge in [0.05, 0.1) is 59.4 Å². The Labute approximate surface area is 358 Å².